The lowest BCUT2D eigenvalue weighted by Gasteiger charge is -2.22. The predicted octanol–water partition coefficient (Wildman–Crippen LogP) is 6.10. The molecule has 0 fully saturated rings. The Morgan fingerprint density at radius 3 is 2.38 bits per heavy atom. The monoisotopic (exact) mass is 436 g/mol. The Hall–Kier alpha value is -3.48. The van der Waals surface area contributed by atoms with Crippen molar-refractivity contribution in [3.05, 3.63) is 71.8 Å². The molecule has 0 spiro atoms. The summed E-state index contributed by atoms with van der Waals surface area (Å²) >= 11 is 0. The molecule has 0 radical (unpaired) electrons. The van der Waals surface area contributed by atoms with E-state index in [2.05, 4.69) is 9.97 Å². The Bertz CT molecular complexity index is 1080. The second-order valence-corrected chi connectivity index (χ2v) is 8.96. The van der Waals surface area contributed by atoms with Crippen molar-refractivity contribution in [1.82, 2.24) is 9.97 Å². The maximum Gasteiger partial charge on any atom is 0.279 e. The molecule has 0 aliphatic heterocycles. The zero-order valence-corrected chi connectivity index (χ0v) is 18.9. The largest absolute Gasteiger partial charge is 0.461 e. The molecule has 6 nitrogen and oxygen atoms in total. The van der Waals surface area contributed by atoms with Crippen molar-refractivity contribution in [2.24, 2.45) is 11.1 Å². The molecule has 32 heavy (non-hydrogen) atoms. The molecule has 2 aromatic carbocycles. The molecular weight excluding hydrogens is 407 g/mol. The first-order valence-electron chi connectivity index (χ1n) is 10.4. The minimum atomic E-state index is -1.03. The first-order chi connectivity index (χ1) is 15.1. The first kappa shape index (κ1) is 23.2. The van der Waals surface area contributed by atoms with Crippen molar-refractivity contribution < 1.29 is 13.9 Å². The molecule has 1 atom stereocenters. The van der Waals surface area contributed by atoms with Gasteiger partial charge in [-0.05, 0) is 59.7 Å². The number of benzene rings is 2. The van der Waals surface area contributed by atoms with Crippen LogP contribution in [0.3, 0.4) is 0 Å². The van der Waals surface area contributed by atoms with Gasteiger partial charge in [-0.3, -0.25) is 5.41 Å². The van der Waals surface area contributed by atoms with Gasteiger partial charge in [0, 0.05) is 23.5 Å². The van der Waals surface area contributed by atoms with E-state index in [9.17, 15) is 4.39 Å². The van der Waals surface area contributed by atoms with Gasteiger partial charge in [0.05, 0.1) is 0 Å². The van der Waals surface area contributed by atoms with E-state index in [4.69, 9.17) is 20.6 Å². The van der Waals surface area contributed by atoms with E-state index in [0.717, 1.165) is 16.7 Å². The fourth-order valence-electron chi connectivity index (χ4n) is 3.33. The fraction of sp³-hybridized carbons (Fsp3) is 0.320. The van der Waals surface area contributed by atoms with Gasteiger partial charge in [-0.1, -0.05) is 32.9 Å². The Labute approximate surface area is 188 Å². The summed E-state index contributed by atoms with van der Waals surface area (Å²) in [6, 6.07) is 10.6. The van der Waals surface area contributed by atoms with Crippen molar-refractivity contribution in [2.45, 2.75) is 46.9 Å². The van der Waals surface area contributed by atoms with Crippen LogP contribution in [0.1, 0.15) is 50.1 Å². The molecule has 0 aliphatic carbocycles. The quantitative estimate of drug-likeness (QED) is 0.345. The van der Waals surface area contributed by atoms with Crippen molar-refractivity contribution in [1.29, 1.82) is 5.41 Å². The molecule has 0 unspecified atom stereocenters. The molecule has 3 N–H and O–H groups in total. The highest BCUT2D eigenvalue weighted by Crippen LogP contribution is 2.36. The highest BCUT2D eigenvalue weighted by atomic mass is 19.1. The molecule has 0 amide bonds. The van der Waals surface area contributed by atoms with Gasteiger partial charge in [0.2, 0.25) is 0 Å². The number of nitrogens with two attached hydrogens (primary N) is 1. The smallest absolute Gasteiger partial charge is 0.279 e. The summed E-state index contributed by atoms with van der Waals surface area (Å²) in [5, 5.41) is 7.37. The van der Waals surface area contributed by atoms with Crippen molar-refractivity contribution >= 4 is 6.02 Å². The molecule has 1 aromatic heterocycles. The minimum Gasteiger partial charge on any atom is -0.461 e. The van der Waals surface area contributed by atoms with Gasteiger partial charge in [-0.25, -0.2) is 14.4 Å². The van der Waals surface area contributed by atoms with Crippen molar-refractivity contribution in [3.63, 3.8) is 0 Å². The van der Waals surface area contributed by atoms with E-state index in [0.29, 0.717) is 29.0 Å². The van der Waals surface area contributed by atoms with Crippen LogP contribution >= 0.6 is 0 Å². The second kappa shape index (κ2) is 9.77. The lowest BCUT2D eigenvalue weighted by Crippen LogP contribution is -2.14. The number of hydrogen-bond donors (Lipinski definition) is 2. The van der Waals surface area contributed by atoms with Crippen LogP contribution in [0.4, 0.5) is 4.39 Å². The third-order valence-electron chi connectivity index (χ3n) is 4.91. The highest BCUT2D eigenvalue weighted by molar-refractivity contribution is 5.68. The summed E-state index contributed by atoms with van der Waals surface area (Å²) in [4.78, 5) is 8.11. The second-order valence-electron chi connectivity index (χ2n) is 8.96. The standard InChI is InChI=1S/C25H29FN4O2/c1-16-9-18(21(26)11-25(2,3)4)6-7-22(16)32-23-8-5-17(20-12-29-15-30-13-20)10-19(23)14-31-24(27)28/h5-10,12-13,15,21H,11,14H2,1-4H3,(H3,27,28)/t21-/m1/s1. The van der Waals surface area contributed by atoms with E-state index in [1.54, 1.807) is 24.5 Å². The fourth-order valence-corrected chi connectivity index (χ4v) is 3.33. The van der Waals surface area contributed by atoms with Crippen LogP contribution < -0.4 is 10.5 Å². The van der Waals surface area contributed by atoms with Gasteiger partial charge in [0.15, 0.2) is 0 Å². The van der Waals surface area contributed by atoms with E-state index >= 15 is 0 Å². The number of rotatable bonds is 7. The molecule has 7 heteroatoms. The van der Waals surface area contributed by atoms with Gasteiger partial charge in [-0.15, -0.1) is 0 Å². The van der Waals surface area contributed by atoms with Gasteiger partial charge in [0.25, 0.3) is 6.02 Å². The van der Waals surface area contributed by atoms with E-state index in [1.807, 2.05) is 52.0 Å². The number of amidine groups is 1. The zero-order valence-electron chi connectivity index (χ0n) is 18.9. The molecule has 0 saturated carbocycles. The topological polar surface area (TPSA) is 94.1 Å². The number of halogens is 1. The van der Waals surface area contributed by atoms with E-state index < -0.39 is 6.17 Å². The number of aromatic nitrogens is 2. The highest BCUT2D eigenvalue weighted by Gasteiger charge is 2.20. The summed E-state index contributed by atoms with van der Waals surface area (Å²) in [5.41, 5.74) is 9.18. The molecule has 1 heterocycles. The predicted molar refractivity (Wildman–Crippen MR) is 123 cm³/mol. The first-order valence-corrected chi connectivity index (χ1v) is 10.4. The lowest BCUT2D eigenvalue weighted by atomic mass is 9.87. The Morgan fingerprint density at radius 2 is 1.75 bits per heavy atom. The molecule has 3 aromatic rings. The number of nitrogens with zero attached hydrogens (tertiary/aromatic N) is 2. The number of hydrogen-bond acceptors (Lipinski definition) is 5. The Kier molecular flexibility index (Phi) is 7.08. The van der Waals surface area contributed by atoms with Gasteiger partial charge in [-0.2, -0.15) is 0 Å². The third kappa shape index (κ3) is 6.26. The van der Waals surface area contributed by atoms with Crippen LogP contribution in [0.5, 0.6) is 11.5 Å². The van der Waals surface area contributed by atoms with Crippen LogP contribution in [0, 0.1) is 17.7 Å². The van der Waals surface area contributed by atoms with Crippen molar-refractivity contribution in [2.75, 3.05) is 0 Å². The SMILES string of the molecule is Cc1cc([C@H](F)CC(C)(C)C)ccc1Oc1ccc(-c2cncnc2)cc1COC(=N)N. The number of aryl methyl sites for hydroxylation is 1. The van der Waals surface area contributed by atoms with Crippen LogP contribution in [0.2, 0.25) is 0 Å². The molecular formula is C25H29FN4O2. The average Bonchev–Trinajstić information content (AvgIpc) is 2.73. The molecule has 3 rings (SSSR count). The van der Waals surface area contributed by atoms with E-state index in [-0.39, 0.29) is 18.0 Å². The number of ether oxygens (including phenoxy) is 2. The van der Waals surface area contributed by atoms with Gasteiger partial charge in [0.1, 0.15) is 30.6 Å². The summed E-state index contributed by atoms with van der Waals surface area (Å²) in [6.07, 6.45) is 4.31. The number of nitrogens with one attached hydrogen (secondary N) is 1. The van der Waals surface area contributed by atoms with Crippen molar-refractivity contribution in [3.8, 4) is 22.6 Å². The van der Waals surface area contributed by atoms with Gasteiger partial charge < -0.3 is 15.2 Å². The maximum absolute atomic E-state index is 14.7. The summed E-state index contributed by atoms with van der Waals surface area (Å²) in [5.74, 6) is 1.19. The zero-order chi connectivity index (χ0) is 23.3. The molecule has 0 saturated heterocycles. The Balaban J connectivity index is 1.87. The number of alkyl halides is 1. The van der Waals surface area contributed by atoms with Gasteiger partial charge >= 0.3 is 0 Å². The van der Waals surface area contributed by atoms with Crippen LogP contribution in [-0.2, 0) is 11.3 Å². The Morgan fingerprint density at radius 1 is 1.06 bits per heavy atom. The summed E-state index contributed by atoms with van der Waals surface area (Å²) < 4.78 is 26.1. The molecule has 0 bridgehead atoms. The summed E-state index contributed by atoms with van der Waals surface area (Å²) in [7, 11) is 0. The summed E-state index contributed by atoms with van der Waals surface area (Å²) in [6.45, 7) is 8.05. The average molecular weight is 437 g/mol. The normalized spacial score (nSPS) is 12.3. The van der Waals surface area contributed by atoms with E-state index in [1.165, 1.54) is 6.33 Å². The van der Waals surface area contributed by atoms with Crippen LogP contribution in [-0.4, -0.2) is 16.0 Å². The van der Waals surface area contributed by atoms with Crippen LogP contribution in [0.15, 0.2) is 55.1 Å². The molecule has 168 valence electrons. The minimum absolute atomic E-state index is 0.0709. The third-order valence-corrected chi connectivity index (χ3v) is 4.91. The lowest BCUT2D eigenvalue weighted by molar-refractivity contribution is 0.227. The molecule has 0 aliphatic rings. The maximum atomic E-state index is 14.7. The van der Waals surface area contributed by atoms with Crippen LogP contribution in [0.25, 0.3) is 11.1 Å².